The molecule has 8 nitrogen and oxygen atoms in total. The van der Waals surface area contributed by atoms with Gasteiger partial charge in [-0.25, -0.2) is 4.79 Å². The van der Waals surface area contributed by atoms with E-state index in [2.05, 4.69) is 24.4 Å². The minimum atomic E-state index is -0.217. The number of carbonyl (C=O) groups is 1. The average molecular weight is 418 g/mol. The number of aromatic nitrogens is 2. The molecule has 0 radical (unpaired) electrons. The largest absolute Gasteiger partial charge is 0.454 e. The predicted octanol–water partition coefficient (Wildman–Crippen LogP) is 0.336. The Balaban J connectivity index is 1.43. The number of likely N-dealkylation sites (N-methyl/N-ethyl adjacent to an activating group) is 1. The van der Waals surface area contributed by atoms with Crippen LogP contribution in [0.15, 0.2) is 28.0 Å². The standard InChI is InChI=1S/C20H24N4O4S/c1-23(2)8-9-24-15-5-3-4-14(15)19(22-20(24)26)29-11-18(25)21-13-6-7-16-17(10-13)28-12-27-16/h6-7,10H,3-5,8-9,11-12H2,1-2H3,(H,21,25)/p+1. The highest BCUT2D eigenvalue weighted by Crippen LogP contribution is 2.34. The summed E-state index contributed by atoms with van der Waals surface area (Å²) < 4.78 is 12.4. The Morgan fingerprint density at radius 1 is 1.28 bits per heavy atom. The number of nitrogens with one attached hydrogen (secondary N) is 2. The summed E-state index contributed by atoms with van der Waals surface area (Å²) in [4.78, 5) is 30.5. The molecule has 0 spiro atoms. The third-order valence-electron chi connectivity index (χ3n) is 5.03. The van der Waals surface area contributed by atoms with E-state index >= 15 is 0 Å². The van der Waals surface area contributed by atoms with Crippen LogP contribution in [0.4, 0.5) is 5.69 Å². The lowest BCUT2D eigenvalue weighted by Gasteiger charge is -2.15. The molecule has 1 aliphatic carbocycles. The van der Waals surface area contributed by atoms with Crippen LogP contribution in [0.5, 0.6) is 11.5 Å². The van der Waals surface area contributed by atoms with Crippen LogP contribution >= 0.6 is 11.8 Å². The van der Waals surface area contributed by atoms with Crippen LogP contribution in [-0.2, 0) is 24.2 Å². The van der Waals surface area contributed by atoms with Gasteiger partial charge in [0.25, 0.3) is 0 Å². The molecule has 1 aliphatic heterocycles. The summed E-state index contributed by atoms with van der Waals surface area (Å²) in [7, 11) is 4.14. The van der Waals surface area contributed by atoms with Gasteiger partial charge in [-0.3, -0.25) is 9.36 Å². The second-order valence-corrected chi connectivity index (χ2v) is 8.46. The number of ether oxygens (including phenoxy) is 2. The number of benzene rings is 1. The molecular formula is C20H25N4O4S+. The zero-order valence-corrected chi connectivity index (χ0v) is 17.4. The van der Waals surface area contributed by atoms with Crippen LogP contribution in [0.3, 0.4) is 0 Å². The van der Waals surface area contributed by atoms with E-state index in [1.54, 1.807) is 18.2 Å². The number of amides is 1. The molecule has 0 atom stereocenters. The topological polar surface area (TPSA) is 86.9 Å². The second kappa shape index (κ2) is 8.46. The summed E-state index contributed by atoms with van der Waals surface area (Å²) in [5, 5.41) is 3.55. The van der Waals surface area contributed by atoms with Crippen molar-refractivity contribution >= 4 is 23.4 Å². The minimum absolute atomic E-state index is 0.150. The fraction of sp³-hybridized carbons (Fsp3) is 0.450. The highest BCUT2D eigenvalue weighted by Gasteiger charge is 2.23. The van der Waals surface area contributed by atoms with Crippen molar-refractivity contribution in [3.63, 3.8) is 0 Å². The van der Waals surface area contributed by atoms with E-state index in [1.165, 1.54) is 16.7 Å². The molecule has 0 saturated carbocycles. The van der Waals surface area contributed by atoms with Gasteiger partial charge in [0.05, 0.1) is 32.9 Å². The maximum absolute atomic E-state index is 12.6. The van der Waals surface area contributed by atoms with Crippen molar-refractivity contribution in [3.8, 4) is 11.5 Å². The first-order valence-electron chi connectivity index (χ1n) is 9.75. The van der Waals surface area contributed by atoms with E-state index in [-0.39, 0.29) is 24.1 Å². The maximum atomic E-state index is 12.6. The Morgan fingerprint density at radius 2 is 2.10 bits per heavy atom. The minimum Gasteiger partial charge on any atom is -0.454 e. The lowest BCUT2D eigenvalue weighted by Crippen LogP contribution is -3.06. The fourth-order valence-electron chi connectivity index (χ4n) is 3.58. The molecular weight excluding hydrogens is 392 g/mol. The lowest BCUT2D eigenvalue weighted by molar-refractivity contribution is -0.859. The molecule has 154 valence electrons. The molecule has 1 aromatic carbocycles. The van der Waals surface area contributed by atoms with Crippen LogP contribution in [-0.4, -0.2) is 48.6 Å². The van der Waals surface area contributed by atoms with Gasteiger partial charge >= 0.3 is 5.69 Å². The van der Waals surface area contributed by atoms with Crippen molar-refractivity contribution in [1.82, 2.24) is 9.55 Å². The highest BCUT2D eigenvalue weighted by molar-refractivity contribution is 8.00. The van der Waals surface area contributed by atoms with Crippen LogP contribution < -0.4 is 25.4 Å². The highest BCUT2D eigenvalue weighted by atomic mass is 32.2. The number of carbonyl (C=O) groups excluding carboxylic acids is 1. The quantitative estimate of drug-likeness (QED) is 0.499. The van der Waals surface area contributed by atoms with E-state index in [0.717, 1.165) is 37.1 Å². The molecule has 29 heavy (non-hydrogen) atoms. The number of rotatable bonds is 7. The molecule has 1 amide bonds. The van der Waals surface area contributed by atoms with Crippen molar-refractivity contribution < 1.29 is 19.2 Å². The first kappa shape index (κ1) is 19.8. The first-order chi connectivity index (χ1) is 14.0. The summed E-state index contributed by atoms with van der Waals surface area (Å²) in [5.74, 6) is 1.34. The van der Waals surface area contributed by atoms with Crippen molar-refractivity contribution in [3.05, 3.63) is 39.9 Å². The molecule has 2 aliphatic rings. The number of fused-ring (bicyclic) bond motifs is 2. The Labute approximate surface area is 173 Å². The van der Waals surface area contributed by atoms with Crippen molar-refractivity contribution in [1.29, 1.82) is 0 Å². The van der Waals surface area contributed by atoms with E-state index in [9.17, 15) is 9.59 Å². The van der Waals surface area contributed by atoms with Gasteiger partial charge in [-0.05, 0) is 31.4 Å². The molecule has 0 fully saturated rings. The van der Waals surface area contributed by atoms with Crippen LogP contribution in [0, 0.1) is 0 Å². The van der Waals surface area contributed by atoms with Gasteiger partial charge in [0, 0.05) is 23.0 Å². The molecule has 2 aromatic rings. The Hall–Kier alpha value is -2.52. The van der Waals surface area contributed by atoms with E-state index in [4.69, 9.17) is 9.47 Å². The van der Waals surface area contributed by atoms with Gasteiger partial charge in [-0.15, -0.1) is 0 Å². The number of nitrogens with zero attached hydrogens (tertiary/aromatic N) is 2. The van der Waals surface area contributed by atoms with Gasteiger partial charge in [0.15, 0.2) is 11.5 Å². The zero-order valence-electron chi connectivity index (χ0n) is 16.6. The van der Waals surface area contributed by atoms with Gasteiger partial charge in [-0.1, -0.05) is 11.8 Å². The van der Waals surface area contributed by atoms with Crippen molar-refractivity contribution in [2.45, 2.75) is 30.8 Å². The summed E-state index contributed by atoms with van der Waals surface area (Å²) >= 11 is 1.33. The van der Waals surface area contributed by atoms with Gasteiger partial charge in [0.2, 0.25) is 12.7 Å². The fourth-order valence-corrected chi connectivity index (χ4v) is 4.45. The number of thioether (sulfide) groups is 1. The smallest absolute Gasteiger partial charge is 0.349 e. The Bertz CT molecular complexity index is 989. The monoisotopic (exact) mass is 417 g/mol. The Kier molecular flexibility index (Phi) is 5.77. The maximum Gasteiger partial charge on any atom is 0.349 e. The number of hydrogen-bond acceptors (Lipinski definition) is 6. The summed E-state index contributed by atoms with van der Waals surface area (Å²) in [5.41, 5.74) is 2.65. The SMILES string of the molecule is C[NH+](C)CCn1c2c(c(SCC(=O)Nc3ccc4c(c3)OCO4)nc1=O)CCC2. The first-order valence-corrected chi connectivity index (χ1v) is 10.7. The average Bonchev–Trinajstić information content (AvgIpc) is 3.34. The molecule has 2 N–H and O–H groups in total. The van der Waals surface area contributed by atoms with Gasteiger partial charge in [0.1, 0.15) is 5.03 Å². The van der Waals surface area contributed by atoms with Crippen LogP contribution in [0.2, 0.25) is 0 Å². The van der Waals surface area contributed by atoms with Gasteiger partial charge < -0.3 is 19.7 Å². The molecule has 1 aromatic heterocycles. The number of anilines is 1. The third-order valence-corrected chi connectivity index (χ3v) is 6.05. The summed E-state index contributed by atoms with van der Waals surface area (Å²) in [6.45, 7) is 1.74. The van der Waals surface area contributed by atoms with Crippen molar-refractivity contribution in [2.24, 2.45) is 0 Å². The molecule has 0 bridgehead atoms. The summed E-state index contributed by atoms with van der Waals surface area (Å²) in [6.07, 6.45) is 2.82. The normalized spacial score (nSPS) is 14.3. The van der Waals surface area contributed by atoms with Gasteiger partial charge in [-0.2, -0.15) is 4.98 Å². The predicted molar refractivity (Wildman–Crippen MR) is 110 cm³/mol. The van der Waals surface area contributed by atoms with Crippen LogP contribution in [0.1, 0.15) is 17.7 Å². The number of quaternary nitrogens is 1. The third kappa shape index (κ3) is 4.40. The lowest BCUT2D eigenvalue weighted by atomic mass is 10.2. The van der Waals surface area contributed by atoms with E-state index < -0.39 is 0 Å². The van der Waals surface area contributed by atoms with Crippen molar-refractivity contribution in [2.75, 3.05) is 38.5 Å². The molecule has 2 heterocycles. The molecule has 0 saturated heterocycles. The van der Waals surface area contributed by atoms with Crippen LogP contribution in [0.25, 0.3) is 0 Å². The zero-order chi connectivity index (χ0) is 20.4. The van der Waals surface area contributed by atoms with E-state index in [1.807, 2.05) is 4.57 Å². The number of hydrogen-bond donors (Lipinski definition) is 2. The molecule has 9 heteroatoms. The Morgan fingerprint density at radius 3 is 2.93 bits per heavy atom. The summed E-state index contributed by atoms with van der Waals surface area (Å²) in [6, 6.07) is 5.29. The molecule has 4 rings (SSSR count). The molecule has 0 unspecified atom stereocenters. The second-order valence-electron chi connectivity index (χ2n) is 7.49. The van der Waals surface area contributed by atoms with E-state index in [0.29, 0.717) is 28.8 Å².